The molecule has 46 heavy (non-hydrogen) atoms. The molecule has 0 radical (unpaired) electrons. The van der Waals surface area contributed by atoms with Crippen molar-refractivity contribution in [1.29, 1.82) is 0 Å². The van der Waals surface area contributed by atoms with Crippen LogP contribution in [0.2, 0.25) is 0 Å². The zero-order valence-electron chi connectivity index (χ0n) is 26.4. The predicted molar refractivity (Wildman–Crippen MR) is 171 cm³/mol. The average molecular weight is 634 g/mol. The van der Waals surface area contributed by atoms with Crippen LogP contribution in [0.4, 0.5) is 31.0 Å². The van der Waals surface area contributed by atoms with Crippen LogP contribution in [0.3, 0.4) is 0 Å². The third kappa shape index (κ3) is 5.94. The quantitative estimate of drug-likeness (QED) is 0.325. The first-order valence-corrected chi connectivity index (χ1v) is 16.4. The number of carboxylic acid groups (broad SMARTS) is 1. The number of hydrogen-bond acceptors (Lipinski definition) is 8. The molecule has 12 heteroatoms. The number of nitrogens with zero attached hydrogens (tertiary/aromatic N) is 6. The summed E-state index contributed by atoms with van der Waals surface area (Å²) in [5, 5.41) is 12.3. The molecule has 0 bridgehead atoms. The summed E-state index contributed by atoms with van der Waals surface area (Å²) in [5.74, 6) is 0.137. The number of anilines is 3. The van der Waals surface area contributed by atoms with Crippen molar-refractivity contribution in [2.24, 2.45) is 5.41 Å². The Labute approximate surface area is 267 Å². The second-order valence-corrected chi connectivity index (χ2v) is 13.6. The van der Waals surface area contributed by atoms with Crippen LogP contribution >= 0.6 is 0 Å². The fourth-order valence-electron chi connectivity index (χ4n) is 7.82. The molecular weight excluding hydrogens is 592 g/mol. The maximum atomic E-state index is 15.1. The molecule has 7 rings (SSSR count). The van der Waals surface area contributed by atoms with Gasteiger partial charge in [0.25, 0.3) is 0 Å². The van der Waals surface area contributed by atoms with E-state index >= 15 is 4.39 Å². The Hall–Kier alpha value is -4.06. The van der Waals surface area contributed by atoms with E-state index in [4.69, 9.17) is 4.74 Å². The van der Waals surface area contributed by atoms with Crippen molar-refractivity contribution in [2.75, 3.05) is 49.5 Å². The molecule has 4 aliphatic rings. The first-order chi connectivity index (χ1) is 22.2. The monoisotopic (exact) mass is 633 g/mol. The van der Waals surface area contributed by atoms with Crippen molar-refractivity contribution >= 4 is 23.5 Å². The number of benzene rings is 1. The van der Waals surface area contributed by atoms with Gasteiger partial charge in [-0.1, -0.05) is 6.07 Å². The van der Waals surface area contributed by atoms with Gasteiger partial charge in [0.2, 0.25) is 5.95 Å². The van der Waals surface area contributed by atoms with Gasteiger partial charge in [-0.2, -0.15) is 0 Å². The average Bonchev–Trinajstić information content (AvgIpc) is 3.04. The third-order valence-corrected chi connectivity index (χ3v) is 10.5. The molecule has 1 saturated carbocycles. The predicted octanol–water partition coefficient (Wildman–Crippen LogP) is 6.27. The lowest BCUT2D eigenvalue weighted by atomic mass is 9.59. The molecule has 2 aromatic heterocycles. The SMILES string of the molecule is CC(C)N1CCOc2c(F)cc(-c3nc(Nc4ccc(C5CCN(C6CC7(CCN(C(=O)O)CC7)C6)CC5)cn4)ncc3F)cc21. The molecule has 2 saturated heterocycles. The Balaban J connectivity index is 0.960. The fourth-order valence-corrected chi connectivity index (χ4v) is 7.82. The minimum atomic E-state index is -0.794. The van der Waals surface area contributed by atoms with Crippen LogP contribution in [0.25, 0.3) is 11.3 Å². The van der Waals surface area contributed by atoms with Gasteiger partial charge in [-0.05, 0) is 101 Å². The van der Waals surface area contributed by atoms with Crippen molar-refractivity contribution in [3.63, 3.8) is 0 Å². The van der Waals surface area contributed by atoms with Gasteiger partial charge >= 0.3 is 6.09 Å². The number of halogens is 2. The van der Waals surface area contributed by atoms with Gasteiger partial charge in [0, 0.05) is 36.9 Å². The smallest absolute Gasteiger partial charge is 0.407 e. The lowest BCUT2D eigenvalue weighted by Gasteiger charge is -2.56. The van der Waals surface area contributed by atoms with Crippen molar-refractivity contribution in [3.8, 4) is 17.0 Å². The number of hydrogen-bond donors (Lipinski definition) is 2. The molecule has 1 aliphatic carbocycles. The van der Waals surface area contributed by atoms with Crippen molar-refractivity contribution in [1.82, 2.24) is 24.8 Å². The number of likely N-dealkylation sites (tertiary alicyclic amines) is 2. The van der Waals surface area contributed by atoms with E-state index in [1.165, 1.54) is 24.5 Å². The number of carbonyl (C=O) groups is 1. The lowest BCUT2D eigenvalue weighted by molar-refractivity contribution is -0.0457. The zero-order chi connectivity index (χ0) is 32.0. The number of piperidine rings is 2. The van der Waals surface area contributed by atoms with Gasteiger partial charge in [-0.15, -0.1) is 0 Å². The van der Waals surface area contributed by atoms with E-state index in [9.17, 15) is 14.3 Å². The topological polar surface area (TPSA) is 107 Å². The molecule has 1 spiro atoms. The molecule has 0 unspecified atom stereocenters. The molecule has 3 aromatic rings. The summed E-state index contributed by atoms with van der Waals surface area (Å²) in [6.07, 6.45) is 8.68. The third-order valence-electron chi connectivity index (χ3n) is 10.5. The summed E-state index contributed by atoms with van der Waals surface area (Å²) in [6, 6.07) is 7.68. The Morgan fingerprint density at radius 2 is 1.78 bits per heavy atom. The van der Waals surface area contributed by atoms with Crippen LogP contribution in [-0.2, 0) is 0 Å². The molecule has 3 aliphatic heterocycles. The van der Waals surface area contributed by atoms with Gasteiger partial charge in [0.15, 0.2) is 17.4 Å². The number of fused-ring (bicyclic) bond motifs is 1. The summed E-state index contributed by atoms with van der Waals surface area (Å²) < 4.78 is 35.6. The Bertz CT molecular complexity index is 1580. The Kier molecular flexibility index (Phi) is 8.16. The molecule has 0 atom stereocenters. The van der Waals surface area contributed by atoms with Gasteiger partial charge in [0.1, 0.15) is 18.1 Å². The summed E-state index contributed by atoms with van der Waals surface area (Å²) >= 11 is 0. The zero-order valence-corrected chi connectivity index (χ0v) is 26.4. The fraction of sp³-hybridized carbons (Fsp3) is 0.529. The number of aromatic nitrogens is 3. The van der Waals surface area contributed by atoms with E-state index in [2.05, 4.69) is 31.2 Å². The van der Waals surface area contributed by atoms with Crippen LogP contribution in [0.5, 0.6) is 5.75 Å². The molecule has 10 nitrogen and oxygen atoms in total. The van der Waals surface area contributed by atoms with Gasteiger partial charge in [0.05, 0.1) is 18.4 Å². The van der Waals surface area contributed by atoms with Gasteiger partial charge in [-0.25, -0.2) is 28.5 Å². The summed E-state index contributed by atoms with van der Waals surface area (Å²) in [5.41, 5.74) is 2.43. The van der Waals surface area contributed by atoms with E-state index in [0.717, 1.165) is 45.0 Å². The van der Waals surface area contributed by atoms with Gasteiger partial charge < -0.3 is 29.9 Å². The van der Waals surface area contributed by atoms with Crippen molar-refractivity contribution in [2.45, 2.75) is 70.4 Å². The van der Waals surface area contributed by atoms with E-state index in [0.29, 0.717) is 60.7 Å². The highest BCUT2D eigenvalue weighted by Gasteiger charge is 2.48. The minimum Gasteiger partial charge on any atom is -0.486 e. The van der Waals surface area contributed by atoms with Crippen molar-refractivity contribution < 1.29 is 23.4 Å². The molecule has 1 aromatic carbocycles. The standard InChI is InChI=1S/C34H41F2N7O3/c1-21(2)43-13-14-46-31-26(35)15-24(16-28(31)43)30-27(36)20-38-32(40-30)39-29-4-3-23(19-37-29)22-5-9-41(10-6-22)25-17-34(18-25)7-11-42(12-8-34)33(44)45/h3-4,15-16,19-22,25H,5-14,17-18H2,1-2H3,(H,44,45)(H,37,38,39,40). The molecule has 2 N–H and O–H groups in total. The van der Waals surface area contributed by atoms with Crippen LogP contribution in [0.15, 0.2) is 36.7 Å². The second-order valence-electron chi connectivity index (χ2n) is 13.6. The summed E-state index contributed by atoms with van der Waals surface area (Å²) in [4.78, 5) is 30.6. The molecule has 3 fully saturated rings. The molecule has 5 heterocycles. The van der Waals surface area contributed by atoms with Gasteiger partial charge in [-0.3, -0.25) is 0 Å². The number of pyridine rings is 1. The van der Waals surface area contributed by atoms with Crippen LogP contribution < -0.4 is 15.0 Å². The largest absolute Gasteiger partial charge is 0.486 e. The Morgan fingerprint density at radius 1 is 1.02 bits per heavy atom. The Morgan fingerprint density at radius 3 is 2.46 bits per heavy atom. The van der Waals surface area contributed by atoms with Crippen LogP contribution in [0, 0.1) is 17.0 Å². The number of amides is 1. The molecule has 244 valence electrons. The first kappa shape index (κ1) is 30.6. The van der Waals surface area contributed by atoms with E-state index in [-0.39, 0.29) is 23.4 Å². The van der Waals surface area contributed by atoms with E-state index in [1.807, 2.05) is 31.0 Å². The highest BCUT2D eigenvalue weighted by molar-refractivity contribution is 5.73. The van der Waals surface area contributed by atoms with Crippen LogP contribution in [-0.4, -0.2) is 87.4 Å². The molecular formula is C34H41F2N7O3. The maximum absolute atomic E-state index is 15.1. The second kappa shape index (κ2) is 12.3. The van der Waals surface area contributed by atoms with E-state index in [1.54, 1.807) is 11.0 Å². The molecule has 1 amide bonds. The summed E-state index contributed by atoms with van der Waals surface area (Å²) in [7, 11) is 0. The summed E-state index contributed by atoms with van der Waals surface area (Å²) in [6.45, 7) is 8.50. The van der Waals surface area contributed by atoms with E-state index < -0.39 is 17.7 Å². The lowest BCUT2D eigenvalue weighted by Crippen LogP contribution is -2.56. The number of rotatable bonds is 6. The highest BCUT2D eigenvalue weighted by Crippen LogP contribution is 2.51. The van der Waals surface area contributed by atoms with Crippen molar-refractivity contribution in [3.05, 3.63) is 53.9 Å². The highest BCUT2D eigenvalue weighted by atomic mass is 19.1. The first-order valence-electron chi connectivity index (χ1n) is 16.4. The minimum absolute atomic E-state index is 0.0000342. The normalized spacial score (nSPS) is 20.4. The maximum Gasteiger partial charge on any atom is 0.407 e. The number of nitrogens with one attached hydrogen (secondary N) is 1. The van der Waals surface area contributed by atoms with Crippen LogP contribution in [0.1, 0.15) is 63.9 Å². The number of ether oxygens (including phenoxy) is 1.